The fourth-order valence-corrected chi connectivity index (χ4v) is 1.31. The molecule has 0 aromatic heterocycles. The number of hydrogen-bond acceptors (Lipinski definition) is 1. The quantitative estimate of drug-likeness (QED) is 0.418. The lowest BCUT2D eigenvalue weighted by atomic mass is 10.1. The van der Waals surface area contributed by atoms with Gasteiger partial charge in [0.05, 0.1) is 11.2 Å². The van der Waals surface area contributed by atoms with Crippen LogP contribution >= 0.6 is 12.6 Å². The lowest BCUT2D eigenvalue weighted by Crippen LogP contribution is -1.81. The largest absolute Gasteiger partial charge is 0.250 e. The highest BCUT2D eigenvalue weighted by Gasteiger charge is 1.96. The van der Waals surface area contributed by atoms with E-state index in [-0.39, 0.29) is 0 Å². The molecule has 0 N–H and O–H groups in total. The molecule has 0 heterocycles. The summed E-state index contributed by atoms with van der Waals surface area (Å²) in [5, 5.41) is 0. The fraction of sp³-hybridized carbons (Fsp3) is 0.182. The van der Waals surface area contributed by atoms with Crippen LogP contribution in [-0.4, -0.2) is 5.55 Å². The van der Waals surface area contributed by atoms with Crippen molar-refractivity contribution in [2.45, 2.75) is 13.8 Å². The minimum absolute atomic E-state index is 0.957. The van der Waals surface area contributed by atoms with E-state index in [0.29, 0.717) is 0 Å². The Bertz CT molecular complexity index is 340. The first-order chi connectivity index (χ1) is 6.27. The molecule has 0 atom stereocenters. The Morgan fingerprint density at radius 3 is 2.77 bits per heavy atom. The van der Waals surface area contributed by atoms with Crippen molar-refractivity contribution in [3.63, 3.8) is 0 Å². The maximum Gasteiger partial charge on any atom is 0.0665 e. The number of hydrogen-bond donors (Lipinski definition) is 1. The average Bonchev–Trinajstić information content (AvgIpc) is 2.14. The molecule has 0 unspecified atom stereocenters. The molecule has 13 heavy (non-hydrogen) atoms. The Labute approximate surface area is 84.6 Å². The molecular formula is C11H13NS. The number of aliphatic imine (C=N–C) groups is 1. The van der Waals surface area contributed by atoms with Gasteiger partial charge in [0.15, 0.2) is 0 Å². The highest BCUT2D eigenvalue weighted by atomic mass is 32.1. The van der Waals surface area contributed by atoms with E-state index in [1.807, 2.05) is 25.1 Å². The molecule has 0 aliphatic rings. The lowest BCUT2D eigenvalue weighted by Gasteiger charge is -2.01. The van der Waals surface area contributed by atoms with Crippen LogP contribution in [0.1, 0.15) is 18.1 Å². The number of aryl methyl sites for hydroxylation is 1. The van der Waals surface area contributed by atoms with Crippen molar-refractivity contribution in [3.05, 3.63) is 41.5 Å². The highest BCUT2D eigenvalue weighted by Crippen LogP contribution is 2.16. The van der Waals surface area contributed by atoms with Crippen LogP contribution in [-0.2, 0) is 0 Å². The zero-order chi connectivity index (χ0) is 9.68. The number of allylic oxidation sites excluding steroid dienone is 1. The third-order valence-electron chi connectivity index (χ3n) is 1.78. The number of thiol groups is 1. The molecule has 0 aliphatic heterocycles. The Morgan fingerprint density at radius 1 is 1.46 bits per heavy atom. The smallest absolute Gasteiger partial charge is 0.0665 e. The average molecular weight is 191 g/mol. The molecule has 1 rings (SSSR count). The van der Waals surface area contributed by atoms with Gasteiger partial charge >= 0.3 is 0 Å². The van der Waals surface area contributed by atoms with Crippen LogP contribution in [0.3, 0.4) is 0 Å². The Hall–Kier alpha value is -1.02. The normalized spacial score (nSPS) is 12.4. The molecule has 0 radical (unpaired) electrons. The minimum atomic E-state index is 0.957. The molecule has 0 fully saturated rings. The summed E-state index contributed by atoms with van der Waals surface area (Å²) >= 11 is 3.96. The van der Waals surface area contributed by atoms with Crippen LogP contribution in [0.4, 0.5) is 0 Å². The molecule has 0 aliphatic carbocycles. The van der Waals surface area contributed by atoms with Crippen molar-refractivity contribution in [2.75, 3.05) is 0 Å². The van der Waals surface area contributed by atoms with E-state index in [4.69, 9.17) is 0 Å². The minimum Gasteiger partial charge on any atom is -0.250 e. The molecule has 0 bridgehead atoms. The van der Waals surface area contributed by atoms with E-state index in [0.717, 1.165) is 11.3 Å². The molecular weight excluding hydrogens is 178 g/mol. The zero-order valence-corrected chi connectivity index (χ0v) is 8.75. The maximum atomic E-state index is 4.15. The van der Waals surface area contributed by atoms with Crippen LogP contribution in [0.2, 0.25) is 0 Å². The first-order valence-corrected chi connectivity index (χ1v) is 4.69. The predicted molar refractivity (Wildman–Crippen MR) is 62.3 cm³/mol. The molecule has 1 aromatic carbocycles. The Kier molecular flexibility index (Phi) is 3.77. The van der Waals surface area contributed by atoms with Gasteiger partial charge in [-0.25, -0.2) is 0 Å². The Morgan fingerprint density at radius 2 is 2.23 bits per heavy atom. The van der Waals surface area contributed by atoms with E-state index in [9.17, 15) is 0 Å². The van der Waals surface area contributed by atoms with Gasteiger partial charge in [-0.1, -0.05) is 29.8 Å². The second-order valence-electron chi connectivity index (χ2n) is 2.79. The van der Waals surface area contributed by atoms with Crippen molar-refractivity contribution in [2.24, 2.45) is 4.99 Å². The summed E-state index contributed by atoms with van der Waals surface area (Å²) in [7, 11) is 0. The van der Waals surface area contributed by atoms with Gasteiger partial charge in [-0.3, -0.25) is 4.99 Å². The summed E-state index contributed by atoms with van der Waals surface area (Å²) in [5.74, 6) is 0. The number of nitrogens with zero attached hydrogens (tertiary/aromatic N) is 1. The topological polar surface area (TPSA) is 12.4 Å². The molecule has 0 saturated heterocycles. The van der Waals surface area contributed by atoms with Gasteiger partial charge in [0.2, 0.25) is 0 Å². The van der Waals surface area contributed by atoms with Gasteiger partial charge in [-0.15, -0.1) is 12.6 Å². The van der Waals surface area contributed by atoms with E-state index in [1.54, 1.807) is 0 Å². The summed E-state index contributed by atoms with van der Waals surface area (Å²) in [6, 6.07) is 8.25. The molecule has 0 spiro atoms. The third kappa shape index (κ3) is 2.74. The van der Waals surface area contributed by atoms with Gasteiger partial charge in [0.1, 0.15) is 0 Å². The van der Waals surface area contributed by atoms with Crippen molar-refractivity contribution >= 4 is 23.9 Å². The van der Waals surface area contributed by atoms with Gasteiger partial charge in [-0.2, -0.15) is 0 Å². The van der Waals surface area contributed by atoms with Crippen molar-refractivity contribution in [1.82, 2.24) is 0 Å². The number of rotatable bonds is 2. The highest BCUT2D eigenvalue weighted by molar-refractivity contribution is 7.94. The van der Waals surface area contributed by atoms with Gasteiger partial charge in [-0.05, 0) is 19.9 Å². The van der Waals surface area contributed by atoms with Crippen LogP contribution < -0.4 is 0 Å². The SMILES string of the molecule is C/C=C(\N=C/S)c1cccc(C)c1. The van der Waals surface area contributed by atoms with E-state index >= 15 is 0 Å². The van der Waals surface area contributed by atoms with Crippen LogP contribution in [0.5, 0.6) is 0 Å². The molecule has 0 amide bonds. The van der Waals surface area contributed by atoms with Gasteiger partial charge in [0.25, 0.3) is 0 Å². The second kappa shape index (κ2) is 4.87. The van der Waals surface area contributed by atoms with Crippen LogP contribution in [0, 0.1) is 6.92 Å². The van der Waals surface area contributed by atoms with E-state index in [2.05, 4.69) is 36.7 Å². The molecule has 0 saturated carbocycles. The van der Waals surface area contributed by atoms with Crippen LogP contribution in [0.25, 0.3) is 5.70 Å². The van der Waals surface area contributed by atoms with Crippen molar-refractivity contribution in [3.8, 4) is 0 Å². The molecule has 2 heteroatoms. The summed E-state index contributed by atoms with van der Waals surface area (Å²) in [6.45, 7) is 4.04. The van der Waals surface area contributed by atoms with Gasteiger partial charge < -0.3 is 0 Å². The fourth-order valence-electron chi connectivity index (χ4n) is 1.18. The monoisotopic (exact) mass is 191 g/mol. The Balaban J connectivity index is 3.06. The second-order valence-corrected chi connectivity index (χ2v) is 3.02. The first kappa shape index (κ1) is 10.1. The van der Waals surface area contributed by atoms with Gasteiger partial charge in [0, 0.05) is 5.56 Å². The summed E-state index contributed by atoms with van der Waals surface area (Å²) in [6.07, 6.45) is 1.97. The number of benzene rings is 1. The van der Waals surface area contributed by atoms with Crippen molar-refractivity contribution < 1.29 is 0 Å². The summed E-state index contributed by atoms with van der Waals surface area (Å²) in [4.78, 5) is 4.15. The first-order valence-electron chi connectivity index (χ1n) is 4.18. The molecule has 68 valence electrons. The summed E-state index contributed by atoms with van der Waals surface area (Å²) < 4.78 is 0. The summed E-state index contributed by atoms with van der Waals surface area (Å²) in [5.41, 5.74) is 4.84. The van der Waals surface area contributed by atoms with E-state index in [1.165, 1.54) is 11.1 Å². The molecule has 1 nitrogen and oxygen atoms in total. The molecule has 1 aromatic rings. The third-order valence-corrected chi connectivity index (χ3v) is 1.90. The predicted octanol–water partition coefficient (Wildman–Crippen LogP) is 3.31. The maximum absolute atomic E-state index is 4.15. The lowest BCUT2D eigenvalue weighted by molar-refractivity contribution is 1.42. The van der Waals surface area contributed by atoms with Crippen LogP contribution in [0.15, 0.2) is 35.3 Å². The zero-order valence-electron chi connectivity index (χ0n) is 7.86. The standard InChI is InChI=1S/C11H13NS/c1-3-11(12-8-13)10-6-4-5-9(2)7-10/h3-8H,1-2H3,(H,12,13)/b11-3-. The van der Waals surface area contributed by atoms with E-state index < -0.39 is 0 Å². The van der Waals surface area contributed by atoms with Crippen molar-refractivity contribution in [1.29, 1.82) is 0 Å².